The smallest absolute Gasteiger partial charge is 0.335 e. The summed E-state index contributed by atoms with van der Waals surface area (Å²) in [5, 5.41) is 9.93. The van der Waals surface area contributed by atoms with Crippen LogP contribution in [0.25, 0.3) is 22.3 Å². The second kappa shape index (κ2) is 14.3. The molecule has 0 saturated heterocycles. The van der Waals surface area contributed by atoms with Crippen LogP contribution in [0.5, 0.6) is 0 Å². The van der Waals surface area contributed by atoms with E-state index in [0.717, 1.165) is 52.7 Å². The van der Waals surface area contributed by atoms with Gasteiger partial charge in [0.2, 0.25) is 0 Å². The summed E-state index contributed by atoms with van der Waals surface area (Å²) in [7, 11) is 0. The minimum absolute atomic E-state index is 0.0608. The average molecular weight is 515 g/mol. The standard InChI is InChI=1S/C20H20O2.C14H22O2/c1-12(2)16-10-13(3)11-17-18(21)14(4)19(22-20(16)17)15-8-6-5-7-9-15;1-5-8-10-12(9-6-2)13(14(15)16)11(4)7-3/h5-12H,1-4H3;5,8,10H,6-7,9H2,1-4H3,(H,15,16)/b;8-5-,12-10-,13-11+. The van der Waals surface area contributed by atoms with E-state index < -0.39 is 5.97 Å². The predicted molar refractivity (Wildman–Crippen MR) is 160 cm³/mol. The third-order valence-corrected chi connectivity index (χ3v) is 6.55. The first kappa shape index (κ1) is 30.6. The SMILES string of the molecule is C\C=C/C=C(CCC)\C(C(=O)O)=C(\C)CC.Cc1cc(C(C)C)c2oc(-c3ccccc3)c(C)c(=O)c2c1. The fraction of sp³-hybridized carbons (Fsp3) is 0.353. The first-order valence-electron chi connectivity index (χ1n) is 13.5. The number of hydrogen-bond acceptors (Lipinski definition) is 3. The first-order chi connectivity index (χ1) is 18.1. The van der Waals surface area contributed by atoms with E-state index in [1.165, 1.54) is 0 Å². The Balaban J connectivity index is 0.000000284. The van der Waals surface area contributed by atoms with Gasteiger partial charge in [-0.3, -0.25) is 4.79 Å². The first-order valence-corrected chi connectivity index (χ1v) is 13.5. The second-order valence-corrected chi connectivity index (χ2v) is 9.92. The number of carboxylic acids is 1. The molecule has 0 radical (unpaired) electrons. The zero-order valence-electron chi connectivity index (χ0n) is 24.1. The van der Waals surface area contributed by atoms with Gasteiger partial charge in [-0.25, -0.2) is 4.79 Å². The van der Waals surface area contributed by atoms with E-state index in [4.69, 9.17) is 4.42 Å². The third kappa shape index (κ3) is 7.44. The fourth-order valence-electron chi connectivity index (χ4n) is 4.41. The molecule has 202 valence electrons. The van der Waals surface area contributed by atoms with Gasteiger partial charge in [0.15, 0.2) is 5.43 Å². The molecule has 3 aromatic rings. The molecule has 0 amide bonds. The van der Waals surface area contributed by atoms with Crippen molar-refractivity contribution in [3.63, 3.8) is 0 Å². The number of aryl methyl sites for hydroxylation is 1. The van der Waals surface area contributed by atoms with Crippen molar-refractivity contribution in [3.8, 4) is 11.3 Å². The van der Waals surface area contributed by atoms with E-state index in [1.807, 2.05) is 89.2 Å². The van der Waals surface area contributed by atoms with E-state index in [1.54, 1.807) is 0 Å². The lowest BCUT2D eigenvalue weighted by molar-refractivity contribution is -0.132. The van der Waals surface area contributed by atoms with E-state index in [9.17, 15) is 14.7 Å². The third-order valence-electron chi connectivity index (χ3n) is 6.55. The Morgan fingerprint density at radius 3 is 2.26 bits per heavy atom. The van der Waals surface area contributed by atoms with Gasteiger partial charge in [-0.05, 0) is 69.2 Å². The molecule has 0 bridgehead atoms. The van der Waals surface area contributed by atoms with Crippen LogP contribution >= 0.6 is 0 Å². The summed E-state index contributed by atoms with van der Waals surface area (Å²) < 4.78 is 6.21. The van der Waals surface area contributed by atoms with Crippen LogP contribution in [-0.4, -0.2) is 11.1 Å². The Hall–Kier alpha value is -3.66. The Labute approximate surface area is 227 Å². The van der Waals surface area contributed by atoms with Gasteiger partial charge >= 0.3 is 5.97 Å². The lowest BCUT2D eigenvalue weighted by Gasteiger charge is -2.13. The van der Waals surface area contributed by atoms with Crippen LogP contribution in [0.2, 0.25) is 0 Å². The van der Waals surface area contributed by atoms with Crippen molar-refractivity contribution in [3.05, 3.63) is 104 Å². The molecule has 1 N–H and O–H groups in total. The maximum atomic E-state index is 12.8. The van der Waals surface area contributed by atoms with Crippen LogP contribution in [0.3, 0.4) is 0 Å². The second-order valence-electron chi connectivity index (χ2n) is 9.92. The van der Waals surface area contributed by atoms with Crippen molar-refractivity contribution in [2.75, 3.05) is 0 Å². The summed E-state index contributed by atoms with van der Waals surface area (Å²) in [6, 6.07) is 13.9. The van der Waals surface area contributed by atoms with Crippen LogP contribution in [-0.2, 0) is 4.79 Å². The molecule has 0 fully saturated rings. The Kier molecular flexibility index (Phi) is 11.5. The van der Waals surface area contributed by atoms with Crippen LogP contribution < -0.4 is 5.43 Å². The summed E-state index contributed by atoms with van der Waals surface area (Å²) in [4.78, 5) is 24.0. The Morgan fingerprint density at radius 1 is 1.08 bits per heavy atom. The predicted octanol–water partition coefficient (Wildman–Crippen LogP) is 9.30. The maximum absolute atomic E-state index is 12.8. The number of fused-ring (bicyclic) bond motifs is 1. The highest BCUT2D eigenvalue weighted by Gasteiger charge is 2.17. The normalized spacial score (nSPS) is 12.5. The molecule has 0 aliphatic heterocycles. The zero-order valence-corrected chi connectivity index (χ0v) is 24.1. The highest BCUT2D eigenvalue weighted by Crippen LogP contribution is 2.31. The van der Waals surface area contributed by atoms with Crippen LogP contribution in [0.4, 0.5) is 0 Å². The van der Waals surface area contributed by atoms with Gasteiger partial charge in [0.05, 0.1) is 11.0 Å². The molecule has 0 aliphatic carbocycles. The number of carboxylic acid groups (broad SMARTS) is 1. The molecular formula is C34H42O4. The van der Waals surface area contributed by atoms with Gasteiger partial charge in [0.1, 0.15) is 11.3 Å². The minimum atomic E-state index is -0.816. The van der Waals surface area contributed by atoms with Crippen LogP contribution in [0.15, 0.2) is 86.6 Å². The number of aliphatic carboxylic acids is 1. The van der Waals surface area contributed by atoms with Gasteiger partial charge < -0.3 is 9.52 Å². The molecule has 0 saturated carbocycles. The van der Waals surface area contributed by atoms with Gasteiger partial charge in [-0.2, -0.15) is 0 Å². The van der Waals surface area contributed by atoms with Crippen molar-refractivity contribution in [1.29, 1.82) is 0 Å². The summed E-state index contributed by atoms with van der Waals surface area (Å²) in [6.45, 7) is 16.0. The number of rotatable bonds is 8. The van der Waals surface area contributed by atoms with Gasteiger partial charge in [0.25, 0.3) is 0 Å². The van der Waals surface area contributed by atoms with Crippen molar-refractivity contribution in [1.82, 2.24) is 0 Å². The monoisotopic (exact) mass is 514 g/mol. The van der Waals surface area contributed by atoms with Gasteiger partial charge in [-0.1, -0.05) is 94.3 Å². The molecule has 0 spiro atoms. The van der Waals surface area contributed by atoms with Crippen molar-refractivity contribution < 1.29 is 14.3 Å². The van der Waals surface area contributed by atoms with E-state index in [0.29, 0.717) is 28.2 Å². The molecule has 4 heteroatoms. The lowest BCUT2D eigenvalue weighted by Crippen LogP contribution is -2.09. The number of allylic oxidation sites excluding steroid dienone is 4. The molecular weight excluding hydrogens is 472 g/mol. The van der Waals surface area contributed by atoms with Gasteiger partial charge in [-0.15, -0.1) is 0 Å². The molecule has 3 rings (SSSR count). The zero-order chi connectivity index (χ0) is 28.4. The Bertz CT molecular complexity index is 1400. The molecule has 0 aliphatic rings. The van der Waals surface area contributed by atoms with Crippen LogP contribution in [0.1, 0.15) is 83.4 Å². The average Bonchev–Trinajstić information content (AvgIpc) is 2.89. The number of carbonyl (C=O) groups is 1. The summed E-state index contributed by atoms with van der Waals surface area (Å²) >= 11 is 0. The van der Waals surface area contributed by atoms with Crippen LogP contribution in [0, 0.1) is 13.8 Å². The maximum Gasteiger partial charge on any atom is 0.335 e. The molecule has 2 aromatic carbocycles. The molecule has 0 atom stereocenters. The van der Waals surface area contributed by atoms with Gasteiger partial charge in [0, 0.05) is 11.1 Å². The summed E-state index contributed by atoms with van der Waals surface area (Å²) in [5.74, 6) is 0.157. The molecule has 1 aromatic heterocycles. The highest BCUT2D eigenvalue weighted by molar-refractivity contribution is 5.92. The molecule has 4 nitrogen and oxygen atoms in total. The fourth-order valence-corrected chi connectivity index (χ4v) is 4.41. The van der Waals surface area contributed by atoms with Crippen molar-refractivity contribution >= 4 is 16.9 Å². The summed E-state index contributed by atoms with van der Waals surface area (Å²) in [5.41, 5.74) is 6.92. The molecule has 1 heterocycles. The molecule has 0 unspecified atom stereocenters. The largest absolute Gasteiger partial charge is 0.478 e. The Morgan fingerprint density at radius 2 is 1.74 bits per heavy atom. The van der Waals surface area contributed by atoms with Crippen molar-refractivity contribution in [2.45, 2.75) is 80.6 Å². The lowest BCUT2D eigenvalue weighted by atomic mass is 9.95. The van der Waals surface area contributed by atoms with Crippen molar-refractivity contribution in [2.24, 2.45) is 0 Å². The molecule has 38 heavy (non-hydrogen) atoms. The quantitative estimate of drug-likeness (QED) is 0.240. The minimum Gasteiger partial charge on any atom is -0.478 e. The van der Waals surface area contributed by atoms with E-state index in [-0.39, 0.29) is 5.43 Å². The number of benzene rings is 2. The topological polar surface area (TPSA) is 67.5 Å². The van der Waals surface area contributed by atoms with E-state index in [2.05, 4.69) is 26.8 Å². The highest BCUT2D eigenvalue weighted by atomic mass is 16.4. The van der Waals surface area contributed by atoms with E-state index >= 15 is 0 Å². The number of hydrogen-bond donors (Lipinski definition) is 1. The summed E-state index contributed by atoms with van der Waals surface area (Å²) in [6.07, 6.45) is 8.26.